The van der Waals surface area contributed by atoms with Crippen LogP contribution in [0.5, 0.6) is 5.75 Å². The third-order valence-electron chi connectivity index (χ3n) is 6.61. The minimum atomic E-state index is -4.71. The van der Waals surface area contributed by atoms with E-state index in [1.807, 2.05) is 6.92 Å². The summed E-state index contributed by atoms with van der Waals surface area (Å²) in [5, 5.41) is 6.89. The number of aromatic nitrogens is 2. The number of benzene rings is 2. The number of fused-ring (bicyclic) bond motifs is 1. The van der Waals surface area contributed by atoms with Gasteiger partial charge in [-0.05, 0) is 61.2 Å². The predicted molar refractivity (Wildman–Crippen MR) is 136 cm³/mol. The van der Waals surface area contributed by atoms with Crippen LogP contribution in [0, 0.1) is 5.82 Å². The quantitative estimate of drug-likeness (QED) is 0.388. The zero-order valence-corrected chi connectivity index (χ0v) is 22.3. The van der Waals surface area contributed by atoms with E-state index in [1.54, 1.807) is 6.07 Å². The van der Waals surface area contributed by atoms with Crippen molar-refractivity contribution >= 4 is 21.6 Å². The van der Waals surface area contributed by atoms with E-state index in [2.05, 4.69) is 10.4 Å². The Kier molecular flexibility index (Phi) is 7.92. The number of nitrogens with one attached hydrogen (secondary N) is 1. The molecule has 2 unspecified atom stereocenters. The smallest absolute Gasteiger partial charge is 0.409 e. The summed E-state index contributed by atoms with van der Waals surface area (Å²) in [6, 6.07) is 5.84. The molecule has 0 spiro atoms. The maximum Gasteiger partial charge on any atom is 0.409 e. The Morgan fingerprint density at radius 2 is 1.90 bits per heavy atom. The van der Waals surface area contributed by atoms with E-state index in [4.69, 9.17) is 4.74 Å². The SMILES string of the molecule is CCCC(NC(=O)N1c2cnn(-c3ccc(F)cc3)c2CCC1C(F)(F)F)c1ccc(OC)c(S(C)(=O)=O)c1. The molecule has 2 heterocycles. The maximum atomic E-state index is 14.1. The number of hydrogen-bond donors (Lipinski definition) is 1. The van der Waals surface area contributed by atoms with Gasteiger partial charge in [-0.25, -0.2) is 22.3 Å². The number of nitrogens with zero attached hydrogens (tertiary/aromatic N) is 3. The van der Waals surface area contributed by atoms with Gasteiger partial charge in [0.15, 0.2) is 9.84 Å². The zero-order chi connectivity index (χ0) is 28.5. The third-order valence-corrected chi connectivity index (χ3v) is 7.72. The van der Waals surface area contributed by atoms with Gasteiger partial charge in [0.25, 0.3) is 0 Å². The first-order valence-electron chi connectivity index (χ1n) is 12.2. The van der Waals surface area contributed by atoms with Gasteiger partial charge in [-0.3, -0.25) is 4.90 Å². The number of halogens is 4. The Balaban J connectivity index is 1.73. The highest BCUT2D eigenvalue weighted by Crippen LogP contribution is 2.39. The van der Waals surface area contributed by atoms with Crippen LogP contribution in [0.1, 0.15) is 43.5 Å². The van der Waals surface area contributed by atoms with Crippen molar-refractivity contribution in [2.75, 3.05) is 18.3 Å². The monoisotopic (exact) mass is 568 g/mol. The molecule has 4 rings (SSSR count). The first-order valence-corrected chi connectivity index (χ1v) is 14.1. The highest BCUT2D eigenvalue weighted by Gasteiger charge is 2.49. The Hall–Kier alpha value is -3.61. The molecule has 0 bridgehead atoms. The summed E-state index contributed by atoms with van der Waals surface area (Å²) >= 11 is 0. The first-order chi connectivity index (χ1) is 18.3. The highest BCUT2D eigenvalue weighted by molar-refractivity contribution is 7.90. The first kappa shape index (κ1) is 28.4. The number of rotatable bonds is 7. The van der Waals surface area contributed by atoms with Crippen molar-refractivity contribution in [3.8, 4) is 11.4 Å². The van der Waals surface area contributed by atoms with Gasteiger partial charge < -0.3 is 10.1 Å². The van der Waals surface area contributed by atoms with Gasteiger partial charge in [-0.2, -0.15) is 18.3 Å². The molecule has 0 aliphatic carbocycles. The average molecular weight is 569 g/mol. The van der Waals surface area contributed by atoms with Crippen LogP contribution in [0.3, 0.4) is 0 Å². The molecule has 39 heavy (non-hydrogen) atoms. The number of ether oxygens (including phenoxy) is 1. The van der Waals surface area contributed by atoms with E-state index in [-0.39, 0.29) is 22.8 Å². The molecule has 1 N–H and O–H groups in total. The average Bonchev–Trinajstić information content (AvgIpc) is 3.31. The van der Waals surface area contributed by atoms with Crippen LogP contribution in [0.25, 0.3) is 5.69 Å². The fraction of sp³-hybridized carbons (Fsp3) is 0.385. The van der Waals surface area contributed by atoms with Gasteiger partial charge in [0, 0.05) is 6.26 Å². The van der Waals surface area contributed by atoms with E-state index in [0.717, 1.165) is 6.26 Å². The van der Waals surface area contributed by atoms with Crippen LogP contribution in [0.4, 0.5) is 28.0 Å². The number of methoxy groups -OCH3 is 1. The van der Waals surface area contributed by atoms with E-state index < -0.39 is 46.4 Å². The van der Waals surface area contributed by atoms with Crippen LogP contribution in [0.2, 0.25) is 0 Å². The van der Waals surface area contributed by atoms with Crippen molar-refractivity contribution in [2.45, 2.75) is 55.8 Å². The van der Waals surface area contributed by atoms with Gasteiger partial charge in [-0.15, -0.1) is 0 Å². The summed E-state index contributed by atoms with van der Waals surface area (Å²) in [4.78, 5) is 14.1. The molecule has 3 aromatic rings. The van der Waals surface area contributed by atoms with E-state index >= 15 is 0 Å². The molecule has 2 aromatic carbocycles. The standard InChI is InChI=1S/C26H28F4N4O4S/c1-4-5-19(16-6-12-22(38-2)23(14-16)39(3,36)37)32-25(35)33-21-15-31-34(18-9-7-17(27)8-10-18)20(21)11-13-24(33)26(28,29)30/h6-10,12,14-15,19,24H,4-5,11,13H2,1-3H3,(H,32,35). The van der Waals surface area contributed by atoms with Gasteiger partial charge in [0.1, 0.15) is 22.5 Å². The number of carbonyl (C=O) groups is 1. The van der Waals surface area contributed by atoms with Crippen LogP contribution >= 0.6 is 0 Å². The number of urea groups is 1. The highest BCUT2D eigenvalue weighted by atomic mass is 32.2. The van der Waals surface area contributed by atoms with Crippen molar-refractivity contribution in [2.24, 2.45) is 0 Å². The van der Waals surface area contributed by atoms with Crippen LogP contribution < -0.4 is 15.0 Å². The molecule has 1 aliphatic rings. The van der Waals surface area contributed by atoms with Crippen LogP contribution in [-0.2, 0) is 16.3 Å². The summed E-state index contributed by atoms with van der Waals surface area (Å²) < 4.78 is 87.0. The summed E-state index contributed by atoms with van der Waals surface area (Å²) in [6.45, 7) is 1.84. The lowest BCUT2D eigenvalue weighted by Crippen LogP contribution is -2.55. The van der Waals surface area contributed by atoms with E-state index in [9.17, 15) is 30.8 Å². The molecule has 210 valence electrons. The van der Waals surface area contributed by atoms with Gasteiger partial charge >= 0.3 is 12.2 Å². The molecule has 1 aromatic heterocycles. The van der Waals surface area contributed by atoms with Crippen LogP contribution in [-0.4, -0.2) is 49.8 Å². The van der Waals surface area contributed by atoms with Crippen molar-refractivity contribution < 1.29 is 35.5 Å². The summed E-state index contributed by atoms with van der Waals surface area (Å²) in [5.74, 6) is -0.355. The lowest BCUT2D eigenvalue weighted by atomic mass is 9.99. The summed E-state index contributed by atoms with van der Waals surface area (Å²) in [5.41, 5.74) is 1.23. The molecule has 1 aliphatic heterocycles. The Bertz CT molecular complexity index is 1460. The van der Waals surface area contributed by atoms with Crippen LogP contribution in [0.15, 0.2) is 53.6 Å². The summed E-state index contributed by atoms with van der Waals surface area (Å²) in [6.07, 6.45) is -2.00. The number of alkyl halides is 3. The topological polar surface area (TPSA) is 93.5 Å². The number of sulfone groups is 1. The molecule has 0 saturated carbocycles. The second kappa shape index (κ2) is 10.9. The van der Waals surface area contributed by atoms with Gasteiger partial charge in [-0.1, -0.05) is 19.4 Å². The number of hydrogen-bond acceptors (Lipinski definition) is 5. The summed E-state index contributed by atoms with van der Waals surface area (Å²) in [7, 11) is -2.37. The number of anilines is 1. The van der Waals surface area contributed by atoms with E-state index in [1.165, 1.54) is 54.4 Å². The second-order valence-corrected chi connectivity index (χ2v) is 11.3. The molecule has 0 radical (unpaired) electrons. The molecule has 2 atom stereocenters. The maximum absolute atomic E-state index is 14.1. The van der Waals surface area contributed by atoms with Gasteiger partial charge in [0.05, 0.1) is 36.4 Å². The lowest BCUT2D eigenvalue weighted by molar-refractivity contribution is -0.149. The minimum Gasteiger partial charge on any atom is -0.495 e. The molecular weight excluding hydrogens is 540 g/mol. The Morgan fingerprint density at radius 3 is 2.49 bits per heavy atom. The van der Waals surface area contributed by atoms with Crippen molar-refractivity contribution in [1.29, 1.82) is 0 Å². The molecule has 2 amide bonds. The molecule has 0 saturated heterocycles. The van der Waals surface area contributed by atoms with Crippen molar-refractivity contribution in [1.82, 2.24) is 15.1 Å². The predicted octanol–water partition coefficient (Wildman–Crippen LogP) is 5.36. The second-order valence-electron chi connectivity index (χ2n) is 9.30. The molecule has 13 heteroatoms. The minimum absolute atomic E-state index is 0.00471. The van der Waals surface area contributed by atoms with Crippen molar-refractivity contribution in [3.63, 3.8) is 0 Å². The van der Waals surface area contributed by atoms with Gasteiger partial charge in [0.2, 0.25) is 0 Å². The molecule has 0 fully saturated rings. The lowest BCUT2D eigenvalue weighted by Gasteiger charge is -2.37. The largest absolute Gasteiger partial charge is 0.495 e. The fourth-order valence-electron chi connectivity index (χ4n) is 4.77. The van der Waals surface area contributed by atoms with E-state index in [0.29, 0.717) is 34.7 Å². The number of carbonyl (C=O) groups excluding carboxylic acids is 1. The third kappa shape index (κ3) is 5.87. The fourth-order valence-corrected chi connectivity index (χ4v) is 5.63. The Morgan fingerprint density at radius 1 is 1.21 bits per heavy atom. The normalized spacial score (nSPS) is 16.5. The molecule has 8 nitrogen and oxygen atoms in total. The van der Waals surface area contributed by atoms with Crippen molar-refractivity contribution in [3.05, 3.63) is 65.7 Å². The molecular formula is C26H28F4N4O4S. The number of amides is 2. The Labute approximate surface area is 223 Å². The zero-order valence-electron chi connectivity index (χ0n) is 21.5.